The summed E-state index contributed by atoms with van der Waals surface area (Å²) in [6, 6.07) is 19.2. The third kappa shape index (κ3) is 3.94. The molecule has 0 radical (unpaired) electrons. The quantitative estimate of drug-likeness (QED) is 0.513. The number of benzene rings is 2. The lowest BCUT2D eigenvalue weighted by atomic mass is 9.66. The Hall–Kier alpha value is -2.07. The molecule has 0 N–H and O–H groups in total. The van der Waals surface area contributed by atoms with Gasteiger partial charge in [-0.25, -0.2) is 9.98 Å². The predicted molar refractivity (Wildman–Crippen MR) is 132 cm³/mol. The van der Waals surface area contributed by atoms with Crippen LogP contribution in [0.1, 0.15) is 52.0 Å². The van der Waals surface area contributed by atoms with Gasteiger partial charge in [-0.15, -0.1) is 0 Å². The number of anilines is 1. The van der Waals surface area contributed by atoms with E-state index in [-0.39, 0.29) is 5.54 Å². The van der Waals surface area contributed by atoms with E-state index in [1.54, 1.807) is 11.8 Å². The Bertz CT molecular complexity index is 930. The van der Waals surface area contributed by atoms with E-state index in [2.05, 4.69) is 93.4 Å². The fourth-order valence-electron chi connectivity index (χ4n) is 4.88. The van der Waals surface area contributed by atoms with Crippen molar-refractivity contribution >= 4 is 34.1 Å². The topological polar surface area (TPSA) is 28.0 Å². The van der Waals surface area contributed by atoms with Crippen molar-refractivity contribution in [1.29, 1.82) is 0 Å². The van der Waals surface area contributed by atoms with Crippen LogP contribution in [-0.2, 0) is 0 Å². The average molecular weight is 420 g/mol. The summed E-state index contributed by atoms with van der Waals surface area (Å²) in [6.07, 6.45) is 6.70. The molecule has 0 saturated heterocycles. The van der Waals surface area contributed by atoms with Gasteiger partial charge in [0.1, 0.15) is 5.54 Å². The minimum absolute atomic E-state index is 0.160. The maximum atomic E-state index is 5.11. The van der Waals surface area contributed by atoms with E-state index in [0.29, 0.717) is 5.41 Å². The highest BCUT2D eigenvalue weighted by atomic mass is 32.2. The van der Waals surface area contributed by atoms with E-state index < -0.39 is 0 Å². The molecule has 3 nitrogen and oxygen atoms in total. The first-order valence-electron chi connectivity index (χ1n) is 11.0. The van der Waals surface area contributed by atoms with E-state index >= 15 is 0 Å². The van der Waals surface area contributed by atoms with E-state index in [1.165, 1.54) is 24.1 Å². The highest BCUT2D eigenvalue weighted by Gasteiger charge is 2.51. The molecule has 0 amide bonds. The molecule has 0 aromatic heterocycles. The van der Waals surface area contributed by atoms with Crippen molar-refractivity contribution in [3.05, 3.63) is 60.2 Å². The Labute approximate surface area is 185 Å². The lowest BCUT2D eigenvalue weighted by Crippen LogP contribution is -2.54. The third-order valence-corrected chi connectivity index (χ3v) is 7.38. The first kappa shape index (κ1) is 21.2. The molecule has 4 heteroatoms. The van der Waals surface area contributed by atoms with Crippen molar-refractivity contribution in [3.8, 4) is 0 Å². The summed E-state index contributed by atoms with van der Waals surface area (Å²) in [5.41, 5.74) is 3.65. The summed E-state index contributed by atoms with van der Waals surface area (Å²) in [6.45, 7) is 9.25. The summed E-state index contributed by atoms with van der Waals surface area (Å²) in [7, 11) is 0. The van der Waals surface area contributed by atoms with Gasteiger partial charge in [0, 0.05) is 5.69 Å². The zero-order valence-corrected chi connectivity index (χ0v) is 19.7. The van der Waals surface area contributed by atoms with Gasteiger partial charge in [0.2, 0.25) is 0 Å². The summed E-state index contributed by atoms with van der Waals surface area (Å²) in [5.74, 6) is 1.71. The van der Waals surface area contributed by atoms with Crippen LogP contribution >= 0.6 is 11.8 Å². The van der Waals surface area contributed by atoms with Crippen LogP contribution in [0, 0.1) is 18.3 Å². The summed E-state index contributed by atoms with van der Waals surface area (Å²) < 4.78 is 0. The molecule has 1 fully saturated rings. The standard InChI is InChI=1S/C26H33N3S/c1-19-11-13-21(14-12-19)27-23-26(17-15-20(16-18-26)25(2,3)4)29(24(28-23)30-5)22-9-7-6-8-10-22/h6-14,20H,15-18H2,1-5H3. The predicted octanol–water partition coefficient (Wildman–Crippen LogP) is 7.24. The number of hydrogen-bond donors (Lipinski definition) is 0. The minimum atomic E-state index is -0.160. The summed E-state index contributed by atoms with van der Waals surface area (Å²) in [4.78, 5) is 12.7. The minimum Gasteiger partial charge on any atom is -0.307 e. The Kier molecular flexibility index (Phi) is 5.80. The molecule has 1 aliphatic heterocycles. The molecule has 0 bridgehead atoms. The molecule has 158 valence electrons. The molecule has 2 aromatic rings. The van der Waals surface area contributed by atoms with Crippen molar-refractivity contribution in [2.24, 2.45) is 21.3 Å². The molecule has 0 unspecified atom stereocenters. The Morgan fingerprint density at radius 3 is 2.20 bits per heavy atom. The van der Waals surface area contributed by atoms with Crippen LogP contribution < -0.4 is 4.90 Å². The van der Waals surface area contributed by atoms with Crippen LogP contribution in [0.15, 0.2) is 64.6 Å². The van der Waals surface area contributed by atoms with E-state index in [1.807, 2.05) is 0 Å². The number of aliphatic imine (C=N–C) groups is 2. The molecule has 1 heterocycles. The Balaban J connectivity index is 1.78. The molecule has 4 rings (SSSR count). The number of aryl methyl sites for hydroxylation is 1. The van der Waals surface area contributed by atoms with E-state index in [0.717, 1.165) is 35.5 Å². The van der Waals surface area contributed by atoms with Crippen molar-refractivity contribution in [2.75, 3.05) is 11.2 Å². The monoisotopic (exact) mass is 419 g/mol. The van der Waals surface area contributed by atoms with Gasteiger partial charge in [-0.3, -0.25) is 0 Å². The van der Waals surface area contributed by atoms with Crippen LogP contribution in [0.3, 0.4) is 0 Å². The van der Waals surface area contributed by atoms with Crippen LogP contribution in [0.5, 0.6) is 0 Å². The van der Waals surface area contributed by atoms with Gasteiger partial charge in [-0.2, -0.15) is 0 Å². The number of hydrogen-bond acceptors (Lipinski definition) is 3. The second kappa shape index (κ2) is 8.22. The van der Waals surface area contributed by atoms with Crippen molar-refractivity contribution < 1.29 is 0 Å². The first-order chi connectivity index (χ1) is 14.3. The number of thioether (sulfide) groups is 1. The second-order valence-corrected chi connectivity index (χ2v) is 10.5. The second-order valence-electron chi connectivity index (χ2n) is 9.71. The van der Waals surface area contributed by atoms with Crippen molar-refractivity contribution in [3.63, 3.8) is 0 Å². The maximum Gasteiger partial charge on any atom is 0.170 e. The van der Waals surface area contributed by atoms with Crippen LogP contribution in [0.2, 0.25) is 0 Å². The van der Waals surface area contributed by atoms with Gasteiger partial charge in [-0.1, -0.05) is 68.4 Å². The Morgan fingerprint density at radius 1 is 1.00 bits per heavy atom. The third-order valence-electron chi connectivity index (χ3n) is 6.74. The highest BCUT2D eigenvalue weighted by Crippen LogP contribution is 2.49. The lowest BCUT2D eigenvalue weighted by Gasteiger charge is -2.47. The molecule has 1 aliphatic carbocycles. The van der Waals surface area contributed by atoms with Crippen LogP contribution in [0.25, 0.3) is 0 Å². The average Bonchev–Trinajstić information content (AvgIpc) is 3.02. The molecular weight excluding hydrogens is 386 g/mol. The largest absolute Gasteiger partial charge is 0.307 e. The molecule has 1 saturated carbocycles. The van der Waals surface area contributed by atoms with Crippen molar-refractivity contribution in [2.45, 2.75) is 58.9 Å². The van der Waals surface area contributed by atoms with E-state index in [4.69, 9.17) is 9.98 Å². The number of nitrogens with zero attached hydrogens (tertiary/aromatic N) is 3. The fourth-order valence-corrected chi connectivity index (χ4v) is 5.52. The molecular formula is C26H33N3S. The summed E-state index contributed by atoms with van der Waals surface area (Å²) >= 11 is 1.72. The number of para-hydroxylation sites is 1. The van der Waals surface area contributed by atoms with Gasteiger partial charge in [0.25, 0.3) is 0 Å². The van der Waals surface area contributed by atoms with Crippen LogP contribution in [-0.4, -0.2) is 22.8 Å². The molecule has 1 spiro atoms. The smallest absolute Gasteiger partial charge is 0.170 e. The van der Waals surface area contributed by atoms with Gasteiger partial charge >= 0.3 is 0 Å². The normalized spacial score (nSPS) is 25.8. The number of rotatable bonds is 2. The molecule has 2 aliphatic rings. The van der Waals surface area contributed by atoms with Crippen LogP contribution in [0.4, 0.5) is 11.4 Å². The maximum absolute atomic E-state index is 5.11. The first-order valence-corrected chi connectivity index (χ1v) is 12.2. The van der Waals surface area contributed by atoms with Gasteiger partial charge in [0.15, 0.2) is 11.0 Å². The SMILES string of the molecule is CSC1=NC(=Nc2ccc(C)cc2)C2(CCC(C(C)(C)C)CC2)N1c1ccccc1. The van der Waals surface area contributed by atoms with Gasteiger partial charge in [-0.05, 0) is 74.5 Å². The zero-order chi connectivity index (χ0) is 21.4. The van der Waals surface area contributed by atoms with Gasteiger partial charge < -0.3 is 4.90 Å². The van der Waals surface area contributed by atoms with E-state index in [9.17, 15) is 0 Å². The Morgan fingerprint density at radius 2 is 1.63 bits per heavy atom. The summed E-state index contributed by atoms with van der Waals surface area (Å²) in [5, 5.41) is 1.06. The highest BCUT2D eigenvalue weighted by molar-refractivity contribution is 8.13. The fraction of sp³-hybridized carbons (Fsp3) is 0.462. The molecule has 30 heavy (non-hydrogen) atoms. The number of amidine groups is 2. The van der Waals surface area contributed by atoms with Gasteiger partial charge in [0.05, 0.1) is 5.69 Å². The zero-order valence-electron chi connectivity index (χ0n) is 18.9. The lowest BCUT2D eigenvalue weighted by molar-refractivity contribution is 0.158. The van der Waals surface area contributed by atoms with Crippen molar-refractivity contribution in [1.82, 2.24) is 0 Å². The molecule has 0 atom stereocenters. The molecule has 2 aromatic carbocycles.